The third-order valence-corrected chi connectivity index (χ3v) is 3.84. The summed E-state index contributed by atoms with van der Waals surface area (Å²) in [6.07, 6.45) is 3.04. The molecule has 0 spiro atoms. The van der Waals surface area contributed by atoms with Gasteiger partial charge in [0.2, 0.25) is 0 Å². The number of benzene rings is 1. The van der Waals surface area contributed by atoms with Crippen LogP contribution in [0.3, 0.4) is 0 Å². The molecule has 2 aromatic rings. The van der Waals surface area contributed by atoms with Crippen LogP contribution in [0.4, 0.5) is 0 Å². The highest BCUT2D eigenvalue weighted by molar-refractivity contribution is 6.30. The van der Waals surface area contributed by atoms with Crippen LogP contribution in [0.15, 0.2) is 24.4 Å². The van der Waals surface area contributed by atoms with Gasteiger partial charge >= 0.3 is 0 Å². The Labute approximate surface area is 132 Å². The maximum Gasteiger partial charge on any atom is 0.0571 e. The van der Waals surface area contributed by atoms with Crippen LogP contribution in [-0.4, -0.2) is 15.8 Å². The Morgan fingerprint density at radius 1 is 1.29 bits per heavy atom. The average Bonchev–Trinajstić information content (AvgIpc) is 2.79. The highest BCUT2D eigenvalue weighted by Crippen LogP contribution is 2.29. The second-order valence-corrected chi connectivity index (χ2v) is 6.14. The third kappa shape index (κ3) is 3.86. The Balaban J connectivity index is 2.39. The Morgan fingerprint density at radius 3 is 2.71 bits per heavy atom. The van der Waals surface area contributed by atoms with Gasteiger partial charge in [-0.1, -0.05) is 38.4 Å². The van der Waals surface area contributed by atoms with Crippen molar-refractivity contribution >= 4 is 11.6 Å². The zero-order valence-corrected chi connectivity index (χ0v) is 14.0. The monoisotopic (exact) mass is 305 g/mol. The normalized spacial score (nSPS) is 11.3. The molecule has 0 fully saturated rings. The molecule has 0 radical (unpaired) electrons. The summed E-state index contributed by atoms with van der Waals surface area (Å²) in [6, 6.07) is 6.55. The molecular weight excluding hydrogens is 282 g/mol. The topological polar surface area (TPSA) is 29.9 Å². The fourth-order valence-electron chi connectivity index (χ4n) is 2.42. The molecular formula is C17H24ClN3. The number of hydrogen-bond acceptors (Lipinski definition) is 2. The maximum absolute atomic E-state index is 6.20. The van der Waals surface area contributed by atoms with Crippen molar-refractivity contribution in [3.05, 3.63) is 40.7 Å². The molecule has 2 rings (SSSR count). The maximum atomic E-state index is 6.20. The summed E-state index contributed by atoms with van der Waals surface area (Å²) in [4.78, 5) is 0. The molecule has 21 heavy (non-hydrogen) atoms. The summed E-state index contributed by atoms with van der Waals surface area (Å²) in [6.45, 7) is 10.4. The molecule has 4 heteroatoms. The molecule has 0 saturated heterocycles. The van der Waals surface area contributed by atoms with Crippen molar-refractivity contribution in [2.45, 2.75) is 53.2 Å². The van der Waals surface area contributed by atoms with Gasteiger partial charge in [-0.05, 0) is 36.6 Å². The number of rotatable bonds is 6. The van der Waals surface area contributed by atoms with Crippen molar-refractivity contribution in [1.82, 2.24) is 15.1 Å². The van der Waals surface area contributed by atoms with Crippen molar-refractivity contribution in [2.24, 2.45) is 0 Å². The predicted octanol–water partition coefficient (Wildman–Crippen LogP) is 4.42. The number of aryl methyl sites for hydroxylation is 1. The van der Waals surface area contributed by atoms with Crippen molar-refractivity contribution < 1.29 is 0 Å². The summed E-state index contributed by atoms with van der Waals surface area (Å²) in [5.74, 6) is 0. The lowest BCUT2D eigenvalue weighted by atomic mass is 10.00. The van der Waals surface area contributed by atoms with E-state index >= 15 is 0 Å². The molecule has 0 amide bonds. The van der Waals surface area contributed by atoms with E-state index in [1.165, 1.54) is 22.4 Å². The van der Waals surface area contributed by atoms with Crippen LogP contribution < -0.4 is 5.32 Å². The summed E-state index contributed by atoms with van der Waals surface area (Å²) in [7, 11) is 0. The second kappa shape index (κ2) is 7.10. The molecule has 3 nitrogen and oxygen atoms in total. The first kappa shape index (κ1) is 16.1. The standard InChI is InChI=1S/C17H24ClN3/c1-5-8-21-13(4)17(11-20-21)16-9-15(18)7-6-14(16)10-19-12(2)3/h6-7,9,11-12,19H,5,8,10H2,1-4H3. The predicted molar refractivity (Wildman–Crippen MR) is 89.7 cm³/mol. The average molecular weight is 306 g/mol. The van der Waals surface area contributed by atoms with Gasteiger partial charge in [0, 0.05) is 35.4 Å². The van der Waals surface area contributed by atoms with E-state index in [9.17, 15) is 0 Å². The Morgan fingerprint density at radius 2 is 2.05 bits per heavy atom. The van der Waals surface area contributed by atoms with Gasteiger partial charge in [0.1, 0.15) is 0 Å². The van der Waals surface area contributed by atoms with Crippen LogP contribution in [0.1, 0.15) is 38.4 Å². The van der Waals surface area contributed by atoms with Crippen LogP contribution >= 0.6 is 11.6 Å². The first-order valence-electron chi connectivity index (χ1n) is 7.57. The van der Waals surface area contributed by atoms with Crippen LogP contribution in [0.5, 0.6) is 0 Å². The second-order valence-electron chi connectivity index (χ2n) is 5.70. The van der Waals surface area contributed by atoms with Gasteiger partial charge in [-0.3, -0.25) is 4.68 Å². The van der Waals surface area contributed by atoms with E-state index in [0.29, 0.717) is 6.04 Å². The van der Waals surface area contributed by atoms with E-state index < -0.39 is 0 Å². The minimum atomic E-state index is 0.456. The van der Waals surface area contributed by atoms with Crippen LogP contribution in [-0.2, 0) is 13.1 Å². The molecule has 0 saturated carbocycles. The van der Waals surface area contributed by atoms with Crippen LogP contribution in [0.2, 0.25) is 5.02 Å². The number of aromatic nitrogens is 2. The van der Waals surface area contributed by atoms with Gasteiger partial charge in [-0.2, -0.15) is 5.10 Å². The van der Waals surface area contributed by atoms with E-state index in [4.69, 9.17) is 11.6 Å². The first-order valence-corrected chi connectivity index (χ1v) is 7.95. The SMILES string of the molecule is CCCn1ncc(-c2cc(Cl)ccc2CNC(C)C)c1C. The van der Waals surface area contributed by atoms with Crippen molar-refractivity contribution in [3.8, 4) is 11.1 Å². The molecule has 0 aliphatic heterocycles. The number of hydrogen-bond donors (Lipinski definition) is 1. The van der Waals surface area contributed by atoms with Crippen molar-refractivity contribution in [3.63, 3.8) is 0 Å². The zero-order chi connectivity index (χ0) is 15.4. The molecule has 1 N–H and O–H groups in total. The van der Waals surface area contributed by atoms with Gasteiger partial charge < -0.3 is 5.32 Å². The summed E-state index contributed by atoms with van der Waals surface area (Å²) in [5.41, 5.74) is 4.80. The number of nitrogens with one attached hydrogen (secondary N) is 1. The highest BCUT2D eigenvalue weighted by Gasteiger charge is 2.13. The molecule has 1 aromatic heterocycles. The van der Waals surface area contributed by atoms with Crippen LogP contribution in [0.25, 0.3) is 11.1 Å². The van der Waals surface area contributed by atoms with E-state index in [0.717, 1.165) is 24.5 Å². The lowest BCUT2D eigenvalue weighted by Crippen LogP contribution is -2.22. The molecule has 1 heterocycles. The molecule has 0 atom stereocenters. The van der Waals surface area contributed by atoms with Crippen molar-refractivity contribution in [1.29, 1.82) is 0 Å². The molecule has 0 unspecified atom stereocenters. The van der Waals surface area contributed by atoms with E-state index in [-0.39, 0.29) is 0 Å². The summed E-state index contributed by atoms with van der Waals surface area (Å²) >= 11 is 6.20. The van der Waals surface area contributed by atoms with Gasteiger partial charge in [0.15, 0.2) is 0 Å². The molecule has 114 valence electrons. The van der Waals surface area contributed by atoms with E-state index in [2.05, 4.69) is 48.9 Å². The lowest BCUT2D eigenvalue weighted by molar-refractivity contribution is 0.586. The quantitative estimate of drug-likeness (QED) is 0.856. The Kier molecular flexibility index (Phi) is 5.43. The number of halogens is 1. The van der Waals surface area contributed by atoms with Gasteiger partial charge in [0.25, 0.3) is 0 Å². The Hall–Kier alpha value is -1.32. The van der Waals surface area contributed by atoms with Crippen molar-refractivity contribution in [2.75, 3.05) is 0 Å². The largest absolute Gasteiger partial charge is 0.310 e. The van der Waals surface area contributed by atoms with Crippen LogP contribution in [0, 0.1) is 6.92 Å². The first-order chi connectivity index (χ1) is 10.0. The fraction of sp³-hybridized carbons (Fsp3) is 0.471. The van der Waals surface area contributed by atoms with Gasteiger partial charge in [-0.15, -0.1) is 0 Å². The smallest absolute Gasteiger partial charge is 0.0571 e. The molecule has 1 aromatic carbocycles. The number of nitrogens with zero attached hydrogens (tertiary/aromatic N) is 2. The van der Waals surface area contributed by atoms with E-state index in [1.807, 2.05) is 18.3 Å². The van der Waals surface area contributed by atoms with Gasteiger partial charge in [0.05, 0.1) is 6.20 Å². The lowest BCUT2D eigenvalue weighted by Gasteiger charge is -2.13. The minimum absolute atomic E-state index is 0.456. The van der Waals surface area contributed by atoms with E-state index in [1.54, 1.807) is 0 Å². The fourth-order valence-corrected chi connectivity index (χ4v) is 2.59. The third-order valence-electron chi connectivity index (χ3n) is 3.60. The Bertz CT molecular complexity index is 602. The molecule has 0 aliphatic rings. The highest BCUT2D eigenvalue weighted by atomic mass is 35.5. The molecule has 0 aliphatic carbocycles. The summed E-state index contributed by atoms with van der Waals surface area (Å²) in [5, 5.41) is 8.74. The summed E-state index contributed by atoms with van der Waals surface area (Å²) < 4.78 is 2.07. The zero-order valence-electron chi connectivity index (χ0n) is 13.3. The molecule has 0 bridgehead atoms. The minimum Gasteiger partial charge on any atom is -0.310 e. The van der Waals surface area contributed by atoms with Gasteiger partial charge in [-0.25, -0.2) is 0 Å².